The maximum Gasteiger partial charge on any atom is 0.186 e. The number of benzene rings is 1. The normalized spacial score (nSPS) is 13.5. The molecule has 0 aliphatic carbocycles. The molecule has 6 heteroatoms. The number of hydrogen-bond acceptors (Lipinski definition) is 3. The van der Waals surface area contributed by atoms with Crippen molar-refractivity contribution in [2.75, 3.05) is 13.7 Å². The Morgan fingerprint density at radius 2 is 1.23 bits per heavy atom. The first-order chi connectivity index (χ1) is 15.4. The van der Waals surface area contributed by atoms with Crippen molar-refractivity contribution < 1.29 is 31.3 Å². The van der Waals surface area contributed by atoms with E-state index >= 15 is 0 Å². The van der Waals surface area contributed by atoms with E-state index in [9.17, 15) is 5.11 Å². The zero-order valence-electron chi connectivity index (χ0n) is 25.0. The lowest BCUT2D eigenvalue weighted by Gasteiger charge is -2.54. The third-order valence-corrected chi connectivity index (χ3v) is 17.1. The molecule has 0 aromatic heterocycles. The van der Waals surface area contributed by atoms with E-state index in [-0.39, 0.29) is 32.4 Å². The van der Waals surface area contributed by atoms with Gasteiger partial charge >= 0.3 is 0 Å². The molecule has 0 aliphatic rings. The van der Waals surface area contributed by atoms with E-state index in [4.69, 9.17) is 9.16 Å². The predicted molar refractivity (Wildman–Crippen MR) is 156 cm³/mol. The van der Waals surface area contributed by atoms with Crippen LogP contribution in [-0.2, 0) is 4.43 Å². The van der Waals surface area contributed by atoms with Crippen molar-refractivity contribution in [2.24, 2.45) is 0 Å². The standard InChI is InChI=1S/C29H55O3PSi.BrH/c1-27(2,3)33(28(4,5)6,29(7,8)9)26-23-24(30)19-20-25(26)32-21-17-15-13-14-16-18-22-34(11,12)31-10;/h19-20,23H,13-18,21-22H2,1-12H3;1H. The summed E-state index contributed by atoms with van der Waals surface area (Å²) in [4.78, 5) is 0. The molecule has 0 unspecified atom stereocenters. The Hall–Kier alpha value is -0.0931. The minimum absolute atomic E-state index is 0. The molecule has 1 aromatic rings. The Morgan fingerprint density at radius 3 is 1.69 bits per heavy atom. The molecule has 0 radical (unpaired) electrons. The van der Waals surface area contributed by atoms with Crippen LogP contribution in [0.15, 0.2) is 18.2 Å². The van der Waals surface area contributed by atoms with Gasteiger partial charge in [0.25, 0.3) is 0 Å². The molecule has 0 atom stereocenters. The third-order valence-electron chi connectivity index (χ3n) is 7.31. The first kappa shape index (κ1) is 34.9. The van der Waals surface area contributed by atoms with Crippen molar-refractivity contribution in [3.8, 4) is 11.5 Å². The maximum absolute atomic E-state index is 10.5. The van der Waals surface area contributed by atoms with Gasteiger partial charge in [-0.25, -0.2) is 0 Å². The van der Waals surface area contributed by atoms with Gasteiger partial charge in [0.15, 0.2) is 14.1 Å². The van der Waals surface area contributed by atoms with E-state index in [0.29, 0.717) is 5.75 Å². The van der Waals surface area contributed by atoms with E-state index in [2.05, 4.69) is 75.4 Å². The second-order valence-electron chi connectivity index (χ2n) is 13.5. The van der Waals surface area contributed by atoms with E-state index in [1.165, 1.54) is 43.5 Å². The molecule has 0 bridgehead atoms. The Kier molecular flexibility index (Phi) is 13.6. The predicted octanol–water partition coefficient (Wildman–Crippen LogP) is 6.01. The van der Waals surface area contributed by atoms with E-state index in [1.54, 1.807) is 6.07 Å². The molecule has 0 amide bonds. The van der Waals surface area contributed by atoms with Gasteiger partial charge in [-0.15, -0.1) is 0 Å². The van der Waals surface area contributed by atoms with E-state index in [1.807, 2.05) is 19.2 Å². The van der Waals surface area contributed by atoms with Crippen LogP contribution in [-0.4, -0.2) is 42.6 Å². The van der Waals surface area contributed by atoms with Gasteiger partial charge in [-0.05, 0) is 100 Å². The average Bonchev–Trinajstić information content (AvgIpc) is 2.65. The minimum atomic E-state index is -1.85. The fraction of sp³-hybridized carbons (Fsp3) is 0.793. The Bertz CT molecular complexity index is 725. The summed E-state index contributed by atoms with van der Waals surface area (Å²) in [5, 5.41) is 12.0. The number of phenolic OH excluding ortho intramolecular Hbond substituents is 1. The summed E-state index contributed by atoms with van der Waals surface area (Å²) in [5.41, 5.74) is 0. The van der Waals surface area contributed by atoms with Crippen molar-refractivity contribution in [2.45, 2.75) is 135 Å². The van der Waals surface area contributed by atoms with Crippen LogP contribution in [0.4, 0.5) is 0 Å². The number of aromatic hydroxyl groups is 1. The van der Waals surface area contributed by atoms with Crippen molar-refractivity contribution in [1.82, 2.24) is 0 Å². The first-order valence-corrected chi connectivity index (χ1v) is 18.2. The average molecular weight is 592 g/mol. The van der Waals surface area contributed by atoms with Crippen LogP contribution < -0.4 is 27.0 Å². The van der Waals surface area contributed by atoms with Gasteiger partial charge in [-0.2, -0.15) is 0 Å². The smallest absolute Gasteiger partial charge is 0.186 e. The zero-order valence-corrected chi connectivity index (χ0v) is 28.5. The summed E-state index contributed by atoms with van der Waals surface area (Å²) in [6.45, 7) is 26.7. The van der Waals surface area contributed by atoms with Crippen LogP contribution in [0, 0.1) is 0 Å². The number of rotatable bonds is 12. The Balaban J connectivity index is 0.0000116. The van der Waals surface area contributed by atoms with Crippen LogP contribution in [0.1, 0.15) is 101 Å². The van der Waals surface area contributed by atoms with Crippen molar-refractivity contribution in [3.63, 3.8) is 0 Å². The molecule has 0 fully saturated rings. The lowest BCUT2D eigenvalue weighted by molar-refractivity contribution is -0.0000107. The number of hydrogen-bond donors (Lipinski definition) is 1. The molecular weight excluding hydrogens is 535 g/mol. The molecule has 0 heterocycles. The van der Waals surface area contributed by atoms with Gasteiger partial charge in [0.1, 0.15) is 11.1 Å². The number of unbranched alkanes of at least 4 members (excludes halogenated alkanes) is 5. The van der Waals surface area contributed by atoms with Gasteiger partial charge in [0.2, 0.25) is 0 Å². The highest BCUT2D eigenvalue weighted by Gasteiger charge is 2.67. The number of phenols is 1. The second-order valence-corrected chi connectivity index (χ2v) is 23.8. The highest BCUT2D eigenvalue weighted by atomic mass is 79.9. The SMILES string of the molecule is CO[Si](C)(C)CCCCCCCCOc1ccc(O)cc1[P+](C(C)(C)C)(C(C)(C)C)C(C)(C)C.[Br-]. The van der Waals surface area contributed by atoms with Gasteiger partial charge in [0, 0.05) is 13.2 Å². The lowest BCUT2D eigenvalue weighted by Crippen LogP contribution is -3.00. The molecule has 0 spiro atoms. The molecule has 1 N–H and O–H groups in total. The van der Waals surface area contributed by atoms with Crippen molar-refractivity contribution >= 4 is 20.9 Å². The molecule has 3 nitrogen and oxygen atoms in total. The number of ether oxygens (including phenoxy) is 1. The van der Waals surface area contributed by atoms with Crippen LogP contribution in [0.3, 0.4) is 0 Å². The third kappa shape index (κ3) is 9.01. The van der Waals surface area contributed by atoms with Crippen molar-refractivity contribution in [1.29, 1.82) is 0 Å². The Morgan fingerprint density at radius 1 is 0.771 bits per heavy atom. The molecular formula is C29H56BrO3PSi. The summed E-state index contributed by atoms with van der Waals surface area (Å²) >= 11 is 0. The van der Waals surface area contributed by atoms with Crippen LogP contribution in [0.2, 0.25) is 19.1 Å². The molecule has 35 heavy (non-hydrogen) atoms. The fourth-order valence-corrected chi connectivity index (χ4v) is 16.9. The second kappa shape index (κ2) is 13.6. The zero-order chi connectivity index (χ0) is 26.4. The molecule has 206 valence electrons. The number of halogens is 1. The summed E-state index contributed by atoms with van der Waals surface area (Å²) in [5.74, 6) is 1.31. The fourth-order valence-electron chi connectivity index (χ4n) is 6.64. The van der Waals surface area contributed by atoms with Gasteiger partial charge in [-0.1, -0.05) is 32.1 Å². The molecule has 0 saturated heterocycles. The summed E-state index contributed by atoms with van der Waals surface area (Å²) in [7, 11) is -1.38. The van der Waals surface area contributed by atoms with Gasteiger partial charge in [0.05, 0.1) is 29.3 Å². The molecule has 1 rings (SSSR count). The van der Waals surface area contributed by atoms with Crippen LogP contribution in [0.5, 0.6) is 11.5 Å². The largest absolute Gasteiger partial charge is 1.00 e. The van der Waals surface area contributed by atoms with Crippen molar-refractivity contribution in [3.05, 3.63) is 18.2 Å². The molecule has 0 saturated carbocycles. The van der Waals surface area contributed by atoms with E-state index < -0.39 is 15.6 Å². The topological polar surface area (TPSA) is 38.7 Å². The Labute approximate surface area is 230 Å². The molecule has 1 aromatic carbocycles. The summed E-state index contributed by atoms with van der Waals surface area (Å²) in [6.07, 6.45) is 7.44. The van der Waals surface area contributed by atoms with Crippen LogP contribution >= 0.6 is 7.26 Å². The minimum Gasteiger partial charge on any atom is -1.00 e. The monoisotopic (exact) mass is 590 g/mol. The van der Waals surface area contributed by atoms with Gasteiger partial charge < -0.3 is 31.3 Å². The van der Waals surface area contributed by atoms with E-state index in [0.717, 1.165) is 18.8 Å². The van der Waals surface area contributed by atoms with Crippen LogP contribution in [0.25, 0.3) is 0 Å². The summed E-state index contributed by atoms with van der Waals surface area (Å²) < 4.78 is 12.1. The van der Waals surface area contributed by atoms with Gasteiger partial charge in [-0.3, -0.25) is 0 Å². The molecule has 0 aliphatic heterocycles. The maximum atomic E-state index is 10.5. The highest BCUT2D eigenvalue weighted by molar-refractivity contribution is 7.87. The highest BCUT2D eigenvalue weighted by Crippen LogP contribution is 2.83. The lowest BCUT2D eigenvalue weighted by atomic mass is 10.1. The quantitative estimate of drug-likeness (QED) is 0.184. The first-order valence-electron chi connectivity index (χ1n) is 13.3. The summed E-state index contributed by atoms with van der Waals surface area (Å²) in [6, 6.07) is 7.06.